The molecule has 3 unspecified atom stereocenters. The SMILES string of the molecule is COc1ccnc(NC(=O)CC[C@@H]2/C(=C/O)C(=O)[C@@]3(C)CCC4c5ccccc5CCC4C23)c1. The van der Waals surface area contributed by atoms with Crippen LogP contribution in [0, 0.1) is 23.2 Å². The van der Waals surface area contributed by atoms with Crippen molar-refractivity contribution in [1.82, 2.24) is 4.98 Å². The van der Waals surface area contributed by atoms with Crippen LogP contribution in [0.1, 0.15) is 56.1 Å². The second-order valence-corrected chi connectivity index (χ2v) is 10.2. The first-order chi connectivity index (χ1) is 16.5. The number of nitrogens with one attached hydrogen (secondary N) is 1. The largest absolute Gasteiger partial charge is 0.515 e. The predicted molar refractivity (Wildman–Crippen MR) is 130 cm³/mol. The quantitative estimate of drug-likeness (QED) is 0.472. The summed E-state index contributed by atoms with van der Waals surface area (Å²) in [6.45, 7) is 2.08. The lowest BCUT2D eigenvalue weighted by molar-refractivity contribution is -0.127. The maximum Gasteiger partial charge on any atom is 0.225 e. The van der Waals surface area contributed by atoms with Crippen molar-refractivity contribution in [1.29, 1.82) is 0 Å². The van der Waals surface area contributed by atoms with Crippen molar-refractivity contribution in [2.75, 3.05) is 12.4 Å². The zero-order chi connectivity index (χ0) is 23.9. The van der Waals surface area contributed by atoms with Crippen LogP contribution >= 0.6 is 0 Å². The van der Waals surface area contributed by atoms with Gasteiger partial charge in [0.25, 0.3) is 0 Å². The number of hydrogen-bond donors (Lipinski definition) is 2. The summed E-state index contributed by atoms with van der Waals surface area (Å²) in [4.78, 5) is 30.4. The number of aliphatic hydroxyl groups is 1. The number of benzene rings is 1. The van der Waals surface area contributed by atoms with Crippen LogP contribution in [0.2, 0.25) is 0 Å². The van der Waals surface area contributed by atoms with Gasteiger partial charge in [0, 0.05) is 29.7 Å². The van der Waals surface area contributed by atoms with E-state index in [9.17, 15) is 14.7 Å². The van der Waals surface area contributed by atoms with E-state index in [0.717, 1.165) is 31.9 Å². The fourth-order valence-electron chi connectivity index (χ4n) is 7.06. The number of carbonyl (C=O) groups excluding carboxylic acids is 2. The third kappa shape index (κ3) is 3.69. The van der Waals surface area contributed by atoms with Gasteiger partial charge in [-0.15, -0.1) is 0 Å². The molecule has 3 aliphatic carbocycles. The number of Topliss-reactive ketones (excluding diaryl/α,β-unsaturated/α-hetero) is 1. The molecule has 2 aromatic rings. The number of ketones is 1. The Morgan fingerprint density at radius 2 is 2.12 bits per heavy atom. The van der Waals surface area contributed by atoms with Crippen LogP contribution < -0.4 is 10.1 Å². The lowest BCUT2D eigenvalue weighted by Gasteiger charge is -2.49. The number of aliphatic hydroxyl groups excluding tert-OH is 1. The first-order valence-electron chi connectivity index (χ1n) is 12.2. The van der Waals surface area contributed by atoms with E-state index in [1.807, 2.05) is 0 Å². The number of hydrogen-bond acceptors (Lipinski definition) is 5. The van der Waals surface area contributed by atoms with Gasteiger partial charge >= 0.3 is 0 Å². The number of rotatable bonds is 5. The summed E-state index contributed by atoms with van der Waals surface area (Å²) < 4.78 is 5.20. The van der Waals surface area contributed by atoms with Gasteiger partial charge in [0.15, 0.2) is 5.78 Å². The van der Waals surface area contributed by atoms with E-state index in [2.05, 4.69) is 41.5 Å². The molecule has 1 amide bonds. The lowest BCUT2D eigenvalue weighted by atomic mass is 9.54. The van der Waals surface area contributed by atoms with Crippen molar-refractivity contribution in [3.8, 4) is 5.75 Å². The number of aryl methyl sites for hydroxylation is 1. The van der Waals surface area contributed by atoms with Gasteiger partial charge in [-0.25, -0.2) is 4.98 Å². The molecule has 0 saturated heterocycles. The van der Waals surface area contributed by atoms with Crippen LogP contribution in [0.25, 0.3) is 0 Å². The van der Waals surface area contributed by atoms with Crippen LogP contribution in [0.3, 0.4) is 0 Å². The molecule has 5 rings (SSSR count). The van der Waals surface area contributed by atoms with Gasteiger partial charge in [-0.1, -0.05) is 31.2 Å². The Labute approximate surface area is 200 Å². The monoisotopic (exact) mass is 460 g/mol. The normalized spacial score (nSPS) is 30.9. The first-order valence-corrected chi connectivity index (χ1v) is 12.2. The van der Waals surface area contributed by atoms with Gasteiger partial charge < -0.3 is 15.2 Å². The average Bonchev–Trinajstić information content (AvgIpc) is 3.08. The standard InChI is InChI=1S/C28H32N2O4/c1-28-13-11-20-19-6-4-3-5-17(19)7-8-21(20)26(28)22(23(16-31)27(28)33)9-10-25(32)30-24-15-18(34-2)12-14-29-24/h3-6,12,14-16,20-22,26,31H,7-11,13H2,1-2H3,(H,29,30,32)/b23-16-/t20?,21?,22-,26?,28+/m1/s1. The summed E-state index contributed by atoms with van der Waals surface area (Å²) in [7, 11) is 1.57. The molecule has 2 N–H and O–H groups in total. The van der Waals surface area contributed by atoms with E-state index in [0.29, 0.717) is 35.4 Å². The minimum atomic E-state index is -0.475. The highest BCUT2D eigenvalue weighted by atomic mass is 16.5. The third-order valence-corrected chi connectivity index (χ3v) is 8.56. The minimum Gasteiger partial charge on any atom is -0.515 e. The van der Waals surface area contributed by atoms with Gasteiger partial charge in [0.2, 0.25) is 5.91 Å². The maximum atomic E-state index is 13.5. The summed E-state index contributed by atoms with van der Waals surface area (Å²) >= 11 is 0. The number of amides is 1. The Balaban J connectivity index is 1.37. The van der Waals surface area contributed by atoms with Gasteiger partial charge in [0.05, 0.1) is 13.4 Å². The molecule has 0 bridgehead atoms. The highest BCUT2D eigenvalue weighted by Crippen LogP contribution is 2.63. The van der Waals surface area contributed by atoms with Crippen molar-refractivity contribution in [3.63, 3.8) is 0 Å². The Morgan fingerprint density at radius 1 is 1.29 bits per heavy atom. The topological polar surface area (TPSA) is 88.5 Å². The van der Waals surface area contributed by atoms with E-state index in [4.69, 9.17) is 4.74 Å². The smallest absolute Gasteiger partial charge is 0.225 e. The Bertz CT molecular complexity index is 1140. The molecule has 34 heavy (non-hydrogen) atoms. The summed E-state index contributed by atoms with van der Waals surface area (Å²) in [5.74, 6) is 1.81. The number of nitrogens with zero attached hydrogens (tertiary/aromatic N) is 1. The molecule has 5 atom stereocenters. The van der Waals surface area contributed by atoms with Crippen LogP contribution in [-0.2, 0) is 16.0 Å². The van der Waals surface area contributed by atoms with E-state index in [1.165, 1.54) is 11.1 Å². The summed E-state index contributed by atoms with van der Waals surface area (Å²) in [5.41, 5.74) is 2.88. The Kier molecular flexibility index (Phi) is 5.92. The number of ether oxygens (including phenoxy) is 1. The van der Waals surface area contributed by atoms with E-state index >= 15 is 0 Å². The van der Waals surface area contributed by atoms with Gasteiger partial charge in [-0.2, -0.15) is 0 Å². The van der Waals surface area contributed by atoms with Crippen LogP contribution in [0.5, 0.6) is 5.75 Å². The summed E-state index contributed by atoms with van der Waals surface area (Å²) in [6.07, 6.45) is 7.27. The number of aromatic nitrogens is 1. The Morgan fingerprint density at radius 3 is 2.91 bits per heavy atom. The van der Waals surface area contributed by atoms with Crippen molar-refractivity contribution in [3.05, 3.63) is 65.6 Å². The third-order valence-electron chi connectivity index (χ3n) is 8.56. The number of pyridine rings is 1. The highest BCUT2D eigenvalue weighted by Gasteiger charge is 2.60. The molecule has 178 valence electrons. The molecular weight excluding hydrogens is 428 g/mol. The van der Waals surface area contributed by atoms with E-state index in [1.54, 1.807) is 25.4 Å². The van der Waals surface area contributed by atoms with Crippen molar-refractivity contribution in [2.45, 2.75) is 51.4 Å². The first kappa shape index (κ1) is 22.6. The number of methoxy groups -OCH3 is 1. The lowest BCUT2D eigenvalue weighted by Crippen LogP contribution is -2.44. The van der Waals surface area contributed by atoms with Gasteiger partial charge in [-0.3, -0.25) is 9.59 Å². The number of fused-ring (bicyclic) bond motifs is 5. The average molecular weight is 461 g/mol. The molecule has 2 saturated carbocycles. The zero-order valence-electron chi connectivity index (χ0n) is 19.8. The van der Waals surface area contributed by atoms with Crippen LogP contribution in [0.4, 0.5) is 5.82 Å². The summed E-state index contributed by atoms with van der Waals surface area (Å²) in [6, 6.07) is 12.1. The minimum absolute atomic E-state index is 0.0668. The highest BCUT2D eigenvalue weighted by molar-refractivity contribution is 6.03. The predicted octanol–water partition coefficient (Wildman–Crippen LogP) is 5.21. The molecule has 2 fully saturated rings. The molecular formula is C28H32N2O4. The summed E-state index contributed by atoms with van der Waals surface area (Å²) in [5, 5.41) is 12.9. The Hall–Kier alpha value is -3.15. The number of carbonyl (C=O) groups is 2. The fraction of sp³-hybridized carbons (Fsp3) is 0.464. The fourth-order valence-corrected chi connectivity index (χ4v) is 7.06. The van der Waals surface area contributed by atoms with Crippen molar-refractivity contribution in [2.24, 2.45) is 23.2 Å². The maximum absolute atomic E-state index is 13.5. The zero-order valence-corrected chi connectivity index (χ0v) is 19.8. The molecule has 1 aromatic carbocycles. The molecule has 1 heterocycles. The molecule has 0 radical (unpaired) electrons. The molecule has 3 aliphatic rings. The number of allylic oxidation sites excluding steroid dienone is 1. The molecule has 1 aromatic heterocycles. The molecule has 0 aliphatic heterocycles. The molecule has 0 spiro atoms. The second-order valence-electron chi connectivity index (χ2n) is 10.2. The van der Waals surface area contributed by atoms with Crippen LogP contribution in [0.15, 0.2) is 54.4 Å². The van der Waals surface area contributed by atoms with Crippen LogP contribution in [-0.4, -0.2) is 28.9 Å². The van der Waals surface area contributed by atoms with Gasteiger partial charge in [-0.05, 0) is 73.0 Å². The number of anilines is 1. The molecule has 6 nitrogen and oxygen atoms in total. The van der Waals surface area contributed by atoms with E-state index < -0.39 is 5.41 Å². The van der Waals surface area contributed by atoms with Crippen molar-refractivity contribution >= 4 is 17.5 Å². The molecule has 6 heteroatoms. The second kappa shape index (κ2) is 8.90. The van der Waals surface area contributed by atoms with E-state index in [-0.39, 0.29) is 29.9 Å². The van der Waals surface area contributed by atoms with Gasteiger partial charge in [0.1, 0.15) is 11.6 Å². The van der Waals surface area contributed by atoms with Crippen molar-refractivity contribution < 1.29 is 19.4 Å².